The molecule has 28 heavy (non-hydrogen) atoms. The topological polar surface area (TPSA) is 75.7 Å². The molecule has 3 rings (SSSR count). The van der Waals surface area contributed by atoms with Crippen LogP contribution in [0, 0.1) is 5.82 Å². The molecule has 8 heteroatoms. The fourth-order valence-corrected chi connectivity index (χ4v) is 2.79. The summed E-state index contributed by atoms with van der Waals surface area (Å²) in [7, 11) is 0. The van der Waals surface area contributed by atoms with E-state index in [1.807, 2.05) is 6.92 Å². The molecule has 1 heterocycles. The van der Waals surface area contributed by atoms with E-state index in [9.17, 15) is 18.8 Å². The van der Waals surface area contributed by atoms with Gasteiger partial charge in [-0.2, -0.15) is 0 Å². The minimum atomic E-state index is -0.820. The number of ether oxygens (including phenoxy) is 1. The van der Waals surface area contributed by atoms with Crippen molar-refractivity contribution in [3.8, 4) is 0 Å². The number of nitrogens with one attached hydrogen (secondary N) is 1. The van der Waals surface area contributed by atoms with E-state index >= 15 is 0 Å². The predicted molar refractivity (Wildman–Crippen MR) is 102 cm³/mol. The minimum absolute atomic E-state index is 0.170. The van der Waals surface area contributed by atoms with Gasteiger partial charge in [0.2, 0.25) is 0 Å². The molecular formula is C20H16ClFN2O4. The Morgan fingerprint density at radius 2 is 1.79 bits per heavy atom. The fourth-order valence-electron chi connectivity index (χ4n) is 2.58. The Balaban J connectivity index is 1.79. The number of carbonyl (C=O) groups is 3. The van der Waals surface area contributed by atoms with Gasteiger partial charge in [-0.3, -0.25) is 9.59 Å². The highest BCUT2D eigenvalue weighted by molar-refractivity contribution is 6.53. The van der Waals surface area contributed by atoms with Gasteiger partial charge in [0.1, 0.15) is 16.5 Å². The maximum atomic E-state index is 14.0. The van der Waals surface area contributed by atoms with Gasteiger partial charge in [-0.25, -0.2) is 14.1 Å². The largest absolute Gasteiger partial charge is 0.462 e. The van der Waals surface area contributed by atoms with E-state index in [4.69, 9.17) is 16.3 Å². The second kappa shape index (κ2) is 8.22. The maximum Gasteiger partial charge on any atom is 0.338 e. The Hall–Kier alpha value is -3.19. The quantitative estimate of drug-likeness (QED) is 0.587. The molecule has 144 valence electrons. The average molecular weight is 403 g/mol. The Bertz CT molecular complexity index is 972. The van der Waals surface area contributed by atoms with Gasteiger partial charge in [0.15, 0.2) is 0 Å². The molecule has 0 saturated carbocycles. The van der Waals surface area contributed by atoms with E-state index in [1.54, 1.807) is 12.1 Å². The number of para-hydroxylation sites is 1. The van der Waals surface area contributed by atoms with Crippen molar-refractivity contribution in [2.45, 2.75) is 13.3 Å². The Kier molecular flexibility index (Phi) is 5.75. The van der Waals surface area contributed by atoms with E-state index in [1.165, 1.54) is 30.3 Å². The van der Waals surface area contributed by atoms with Crippen molar-refractivity contribution in [3.05, 3.63) is 70.6 Å². The molecule has 0 aliphatic carbocycles. The number of halogens is 2. The molecule has 1 N–H and O–H groups in total. The predicted octanol–water partition coefficient (Wildman–Crippen LogP) is 3.83. The monoisotopic (exact) mass is 402 g/mol. The molecule has 2 amide bonds. The van der Waals surface area contributed by atoms with E-state index in [0.717, 1.165) is 6.07 Å². The summed E-state index contributed by atoms with van der Waals surface area (Å²) in [6.45, 7) is 2.21. The number of hydrogen-bond donors (Lipinski definition) is 1. The van der Waals surface area contributed by atoms with E-state index in [-0.39, 0.29) is 16.4 Å². The fraction of sp³-hybridized carbons (Fsp3) is 0.150. The lowest BCUT2D eigenvalue weighted by atomic mass is 10.2. The van der Waals surface area contributed by atoms with E-state index in [2.05, 4.69) is 5.32 Å². The number of benzene rings is 2. The first-order valence-electron chi connectivity index (χ1n) is 8.51. The van der Waals surface area contributed by atoms with Crippen molar-refractivity contribution >= 4 is 40.8 Å². The lowest BCUT2D eigenvalue weighted by Gasteiger charge is -2.15. The summed E-state index contributed by atoms with van der Waals surface area (Å²) >= 11 is 6.02. The van der Waals surface area contributed by atoms with Crippen molar-refractivity contribution in [1.82, 2.24) is 0 Å². The van der Waals surface area contributed by atoms with E-state index < -0.39 is 23.6 Å². The minimum Gasteiger partial charge on any atom is -0.462 e. The van der Waals surface area contributed by atoms with Crippen molar-refractivity contribution in [1.29, 1.82) is 0 Å². The number of hydrogen-bond acceptors (Lipinski definition) is 5. The molecular weight excluding hydrogens is 387 g/mol. The number of rotatable bonds is 6. The molecule has 0 fully saturated rings. The zero-order chi connectivity index (χ0) is 20.3. The van der Waals surface area contributed by atoms with Crippen LogP contribution >= 0.6 is 11.6 Å². The third kappa shape index (κ3) is 3.75. The van der Waals surface area contributed by atoms with Crippen LogP contribution in [0.1, 0.15) is 23.7 Å². The van der Waals surface area contributed by atoms with Gasteiger partial charge in [0.25, 0.3) is 11.8 Å². The van der Waals surface area contributed by atoms with Crippen LogP contribution < -0.4 is 10.2 Å². The van der Waals surface area contributed by atoms with Crippen molar-refractivity contribution in [2.24, 2.45) is 0 Å². The molecule has 0 radical (unpaired) electrons. The second-order valence-electron chi connectivity index (χ2n) is 5.92. The number of amides is 2. The molecule has 0 atom stereocenters. The van der Waals surface area contributed by atoms with Crippen LogP contribution in [-0.2, 0) is 14.3 Å². The van der Waals surface area contributed by atoms with Gasteiger partial charge in [0, 0.05) is 5.69 Å². The number of nitrogens with zero attached hydrogens (tertiary/aromatic N) is 1. The van der Waals surface area contributed by atoms with Crippen LogP contribution in [0.2, 0.25) is 0 Å². The van der Waals surface area contributed by atoms with Crippen LogP contribution in [0.25, 0.3) is 0 Å². The molecule has 6 nitrogen and oxygen atoms in total. The summed E-state index contributed by atoms with van der Waals surface area (Å²) in [6.07, 6.45) is 0.715. The van der Waals surface area contributed by atoms with Crippen LogP contribution in [0.3, 0.4) is 0 Å². The first-order chi connectivity index (χ1) is 13.4. The summed E-state index contributed by atoms with van der Waals surface area (Å²) in [4.78, 5) is 37.5. The van der Waals surface area contributed by atoms with Crippen LogP contribution in [0.15, 0.2) is 59.3 Å². The SMILES string of the molecule is CCCOC(=O)c1ccc(NC2=C(Cl)C(=O)N(c3ccccc3F)C2=O)cc1. The van der Waals surface area contributed by atoms with Gasteiger partial charge in [0.05, 0.1) is 17.9 Å². The van der Waals surface area contributed by atoms with Crippen molar-refractivity contribution in [3.63, 3.8) is 0 Å². The van der Waals surface area contributed by atoms with Gasteiger partial charge in [-0.1, -0.05) is 30.7 Å². The molecule has 2 aromatic rings. The zero-order valence-electron chi connectivity index (χ0n) is 14.9. The highest BCUT2D eigenvalue weighted by Crippen LogP contribution is 2.31. The number of carbonyl (C=O) groups excluding carboxylic acids is 3. The molecule has 0 unspecified atom stereocenters. The summed E-state index contributed by atoms with van der Waals surface area (Å²) in [6, 6.07) is 11.5. The number of esters is 1. The highest BCUT2D eigenvalue weighted by atomic mass is 35.5. The van der Waals surface area contributed by atoms with Crippen LogP contribution in [0.4, 0.5) is 15.8 Å². The lowest BCUT2D eigenvalue weighted by Crippen LogP contribution is -2.33. The molecule has 0 spiro atoms. The molecule has 1 aliphatic heterocycles. The number of imide groups is 1. The lowest BCUT2D eigenvalue weighted by molar-refractivity contribution is -0.120. The highest BCUT2D eigenvalue weighted by Gasteiger charge is 2.40. The zero-order valence-corrected chi connectivity index (χ0v) is 15.6. The van der Waals surface area contributed by atoms with E-state index in [0.29, 0.717) is 29.2 Å². The van der Waals surface area contributed by atoms with Gasteiger partial charge >= 0.3 is 5.97 Å². The first kappa shape index (κ1) is 19.6. The molecule has 1 aliphatic rings. The van der Waals surface area contributed by atoms with Crippen LogP contribution in [-0.4, -0.2) is 24.4 Å². The van der Waals surface area contributed by atoms with Crippen molar-refractivity contribution < 1.29 is 23.5 Å². The Morgan fingerprint density at radius 3 is 2.43 bits per heavy atom. The molecule has 0 bridgehead atoms. The summed E-state index contributed by atoms with van der Waals surface area (Å²) in [5, 5.41) is 2.41. The number of anilines is 2. The van der Waals surface area contributed by atoms with Gasteiger partial charge < -0.3 is 10.1 Å². The third-order valence-electron chi connectivity index (χ3n) is 3.95. The second-order valence-corrected chi connectivity index (χ2v) is 6.30. The van der Waals surface area contributed by atoms with Gasteiger partial charge in [-0.15, -0.1) is 0 Å². The standard InChI is InChI=1S/C20H16ClFN2O4/c1-2-11-28-20(27)12-7-9-13(10-8-12)23-17-16(21)18(25)24(19(17)26)15-6-4-3-5-14(15)22/h3-10,23H,2,11H2,1H3. The Morgan fingerprint density at radius 1 is 1.11 bits per heavy atom. The smallest absolute Gasteiger partial charge is 0.338 e. The molecule has 0 aromatic heterocycles. The van der Waals surface area contributed by atoms with Gasteiger partial charge in [-0.05, 0) is 42.8 Å². The Labute approximate surface area is 165 Å². The first-order valence-corrected chi connectivity index (χ1v) is 8.89. The summed E-state index contributed by atoms with van der Waals surface area (Å²) in [5.41, 5.74) is 0.426. The third-order valence-corrected chi connectivity index (χ3v) is 4.30. The average Bonchev–Trinajstić information content (AvgIpc) is 2.90. The summed E-state index contributed by atoms with van der Waals surface area (Å²) in [5.74, 6) is -2.76. The normalized spacial score (nSPS) is 13.9. The van der Waals surface area contributed by atoms with Crippen LogP contribution in [0.5, 0.6) is 0 Å². The molecule has 0 saturated heterocycles. The molecule has 2 aromatic carbocycles. The maximum absolute atomic E-state index is 14.0. The summed E-state index contributed by atoms with van der Waals surface area (Å²) < 4.78 is 19.0. The van der Waals surface area contributed by atoms with Crippen molar-refractivity contribution in [2.75, 3.05) is 16.8 Å².